The zero-order valence-electron chi connectivity index (χ0n) is 12.4. The lowest BCUT2D eigenvalue weighted by molar-refractivity contribution is -0.132. The second-order valence-corrected chi connectivity index (χ2v) is 4.92. The van der Waals surface area contributed by atoms with Crippen LogP contribution < -0.4 is 4.74 Å². The van der Waals surface area contributed by atoms with E-state index in [9.17, 15) is 13.6 Å². The highest BCUT2D eigenvalue weighted by Gasteiger charge is 2.12. The number of ether oxygens (including phenoxy) is 1. The number of benzene rings is 2. The molecule has 0 saturated heterocycles. The van der Waals surface area contributed by atoms with Gasteiger partial charge in [0, 0.05) is 19.7 Å². The summed E-state index contributed by atoms with van der Waals surface area (Å²) in [6.45, 7) is -0.0187. The molecule has 0 atom stereocenters. The third-order valence-electron chi connectivity index (χ3n) is 3.17. The number of hydrogen-bond donors (Lipinski definition) is 0. The molecule has 0 radical (unpaired) electrons. The number of carbonyl (C=O) groups is 1. The number of nitriles is 1. The predicted molar refractivity (Wildman–Crippen MR) is 79.5 cm³/mol. The Morgan fingerprint density at radius 3 is 2.52 bits per heavy atom. The third kappa shape index (κ3) is 4.51. The fourth-order valence-electron chi connectivity index (χ4n) is 1.89. The lowest BCUT2D eigenvalue weighted by Crippen LogP contribution is -2.31. The highest BCUT2D eigenvalue weighted by molar-refractivity contribution is 5.77. The van der Waals surface area contributed by atoms with Gasteiger partial charge in [0.15, 0.2) is 18.2 Å². The Morgan fingerprint density at radius 1 is 1.22 bits per heavy atom. The van der Waals surface area contributed by atoms with Crippen LogP contribution in [0.2, 0.25) is 0 Å². The summed E-state index contributed by atoms with van der Waals surface area (Å²) < 4.78 is 31.3. The molecular weight excluding hydrogens is 302 g/mol. The second-order valence-electron chi connectivity index (χ2n) is 4.92. The van der Waals surface area contributed by atoms with Crippen LogP contribution >= 0.6 is 0 Å². The van der Waals surface area contributed by atoms with Crippen molar-refractivity contribution >= 4 is 5.91 Å². The van der Waals surface area contributed by atoms with Gasteiger partial charge < -0.3 is 9.64 Å². The zero-order chi connectivity index (χ0) is 16.8. The van der Waals surface area contributed by atoms with E-state index in [1.807, 2.05) is 6.07 Å². The van der Waals surface area contributed by atoms with E-state index in [1.54, 1.807) is 31.3 Å². The molecule has 0 aliphatic heterocycles. The number of nitrogens with zero attached hydrogens (tertiary/aromatic N) is 2. The Labute approximate surface area is 132 Å². The van der Waals surface area contributed by atoms with Gasteiger partial charge in [0.2, 0.25) is 0 Å². The molecule has 23 heavy (non-hydrogen) atoms. The monoisotopic (exact) mass is 316 g/mol. The van der Waals surface area contributed by atoms with Gasteiger partial charge in [-0.1, -0.05) is 12.1 Å². The van der Waals surface area contributed by atoms with E-state index in [0.29, 0.717) is 18.2 Å². The molecule has 0 heterocycles. The summed E-state index contributed by atoms with van der Waals surface area (Å²) in [5.41, 5.74) is 1.39. The molecular formula is C17H14F2N2O2. The molecule has 1 amide bonds. The van der Waals surface area contributed by atoms with Crippen molar-refractivity contribution in [1.29, 1.82) is 5.26 Å². The lowest BCUT2D eigenvalue weighted by atomic mass is 10.1. The Morgan fingerprint density at radius 2 is 1.91 bits per heavy atom. The largest absolute Gasteiger partial charge is 0.481 e. The Balaban J connectivity index is 1.90. The molecule has 0 spiro atoms. The van der Waals surface area contributed by atoms with Crippen LogP contribution in [-0.2, 0) is 11.3 Å². The van der Waals surface area contributed by atoms with Crippen molar-refractivity contribution in [2.45, 2.75) is 6.54 Å². The minimum absolute atomic E-state index is 0.175. The summed E-state index contributed by atoms with van der Waals surface area (Å²) in [5.74, 6) is -2.09. The Hall–Kier alpha value is -2.94. The van der Waals surface area contributed by atoms with E-state index >= 15 is 0 Å². The van der Waals surface area contributed by atoms with Gasteiger partial charge in [0.05, 0.1) is 11.6 Å². The van der Waals surface area contributed by atoms with Crippen LogP contribution in [0, 0.1) is 23.0 Å². The first-order valence-electron chi connectivity index (χ1n) is 6.80. The van der Waals surface area contributed by atoms with Crippen molar-refractivity contribution in [2.75, 3.05) is 13.7 Å². The molecule has 0 unspecified atom stereocenters. The van der Waals surface area contributed by atoms with Gasteiger partial charge in [-0.25, -0.2) is 8.78 Å². The lowest BCUT2D eigenvalue weighted by Gasteiger charge is -2.17. The van der Waals surface area contributed by atoms with Gasteiger partial charge in [0.25, 0.3) is 5.91 Å². The normalized spacial score (nSPS) is 10.0. The standard InChI is InChI=1S/C17H14F2N2O2/c1-21(10-13-4-2-12(9-20)3-5-13)17(22)11-23-16-7-6-14(18)8-15(16)19/h2-8H,10-11H2,1H3. The van der Waals surface area contributed by atoms with Crippen LogP contribution in [0.15, 0.2) is 42.5 Å². The van der Waals surface area contributed by atoms with Crippen LogP contribution in [0.3, 0.4) is 0 Å². The highest BCUT2D eigenvalue weighted by Crippen LogP contribution is 2.17. The molecule has 6 heteroatoms. The minimum Gasteiger partial charge on any atom is -0.481 e. The average Bonchev–Trinajstić information content (AvgIpc) is 2.54. The molecule has 0 aromatic heterocycles. The molecule has 0 aliphatic carbocycles. The van der Waals surface area contributed by atoms with Crippen molar-refractivity contribution in [1.82, 2.24) is 4.90 Å². The number of hydrogen-bond acceptors (Lipinski definition) is 3. The van der Waals surface area contributed by atoms with E-state index in [-0.39, 0.29) is 18.3 Å². The summed E-state index contributed by atoms with van der Waals surface area (Å²) in [4.78, 5) is 13.4. The molecule has 2 aromatic rings. The topological polar surface area (TPSA) is 53.3 Å². The zero-order valence-corrected chi connectivity index (χ0v) is 12.4. The van der Waals surface area contributed by atoms with E-state index in [2.05, 4.69) is 0 Å². The SMILES string of the molecule is CN(Cc1ccc(C#N)cc1)C(=O)COc1ccc(F)cc1F. The number of carbonyl (C=O) groups excluding carboxylic acids is 1. The predicted octanol–water partition coefficient (Wildman–Crippen LogP) is 2.87. The van der Waals surface area contributed by atoms with Crippen molar-refractivity contribution in [2.24, 2.45) is 0 Å². The number of likely N-dealkylation sites (N-methyl/N-ethyl adjacent to an activating group) is 1. The maximum absolute atomic E-state index is 13.4. The average molecular weight is 316 g/mol. The summed E-state index contributed by atoms with van der Waals surface area (Å²) in [7, 11) is 1.59. The Bertz CT molecular complexity index is 739. The van der Waals surface area contributed by atoms with Crippen LogP contribution in [0.25, 0.3) is 0 Å². The third-order valence-corrected chi connectivity index (χ3v) is 3.17. The quantitative estimate of drug-likeness (QED) is 0.852. The summed E-state index contributed by atoms with van der Waals surface area (Å²) in [6, 6.07) is 11.7. The molecule has 0 fully saturated rings. The van der Waals surface area contributed by atoms with Gasteiger partial charge in [-0.05, 0) is 29.8 Å². The maximum atomic E-state index is 13.4. The second kappa shape index (κ2) is 7.36. The molecule has 0 N–H and O–H groups in total. The molecule has 0 saturated carbocycles. The maximum Gasteiger partial charge on any atom is 0.260 e. The van der Waals surface area contributed by atoms with Crippen molar-refractivity contribution in [3.8, 4) is 11.8 Å². The molecule has 0 aliphatic rings. The first-order valence-corrected chi connectivity index (χ1v) is 6.80. The summed E-state index contributed by atoms with van der Waals surface area (Å²) in [6.07, 6.45) is 0. The van der Waals surface area contributed by atoms with Gasteiger partial charge >= 0.3 is 0 Å². The van der Waals surface area contributed by atoms with Crippen molar-refractivity contribution in [3.05, 3.63) is 65.2 Å². The van der Waals surface area contributed by atoms with Crippen molar-refractivity contribution in [3.63, 3.8) is 0 Å². The summed E-state index contributed by atoms with van der Waals surface area (Å²) in [5, 5.41) is 8.73. The minimum atomic E-state index is -0.854. The van der Waals surface area contributed by atoms with Gasteiger partial charge in [-0.15, -0.1) is 0 Å². The van der Waals surface area contributed by atoms with Gasteiger partial charge in [-0.3, -0.25) is 4.79 Å². The van der Waals surface area contributed by atoms with Gasteiger partial charge in [0.1, 0.15) is 5.82 Å². The molecule has 118 valence electrons. The first kappa shape index (κ1) is 16.4. The first-order chi connectivity index (χ1) is 11.0. The Kier molecular flexibility index (Phi) is 5.26. The fourth-order valence-corrected chi connectivity index (χ4v) is 1.89. The molecule has 0 bridgehead atoms. The van der Waals surface area contributed by atoms with Crippen molar-refractivity contribution < 1.29 is 18.3 Å². The van der Waals surface area contributed by atoms with E-state index < -0.39 is 11.6 Å². The molecule has 2 aromatic carbocycles. The summed E-state index contributed by atoms with van der Waals surface area (Å²) >= 11 is 0. The van der Waals surface area contributed by atoms with Gasteiger partial charge in [-0.2, -0.15) is 5.26 Å². The van der Waals surface area contributed by atoms with Crippen LogP contribution in [0.1, 0.15) is 11.1 Å². The number of halogens is 2. The van der Waals surface area contributed by atoms with Crippen LogP contribution in [0.4, 0.5) is 8.78 Å². The number of amides is 1. The van der Waals surface area contributed by atoms with Crippen LogP contribution in [-0.4, -0.2) is 24.5 Å². The van der Waals surface area contributed by atoms with E-state index in [0.717, 1.165) is 17.7 Å². The highest BCUT2D eigenvalue weighted by atomic mass is 19.1. The molecule has 2 rings (SSSR count). The van der Waals surface area contributed by atoms with E-state index in [1.165, 1.54) is 4.90 Å². The fraction of sp³-hybridized carbons (Fsp3) is 0.176. The van der Waals surface area contributed by atoms with E-state index in [4.69, 9.17) is 10.00 Å². The smallest absolute Gasteiger partial charge is 0.260 e. The van der Waals surface area contributed by atoms with Crippen LogP contribution in [0.5, 0.6) is 5.75 Å². The molecule has 4 nitrogen and oxygen atoms in total. The number of rotatable bonds is 5.